The molecule has 1 heteroatoms. The van der Waals surface area contributed by atoms with Crippen LogP contribution in [0.2, 0.25) is 0 Å². The van der Waals surface area contributed by atoms with Gasteiger partial charge in [-0.15, -0.1) is 0 Å². The number of allylic oxidation sites excluding steroid dienone is 1. The molecular weight excluding hydrogens is 412 g/mol. The van der Waals surface area contributed by atoms with Gasteiger partial charge in [-0.3, -0.25) is 0 Å². The minimum atomic E-state index is -1.04. The molecule has 0 amide bonds. The molecule has 1 radical (unpaired) electrons. The van der Waals surface area contributed by atoms with Crippen molar-refractivity contribution in [2.24, 2.45) is 0 Å². The van der Waals surface area contributed by atoms with Crippen LogP contribution in [-0.4, -0.2) is 8.80 Å². The van der Waals surface area contributed by atoms with Crippen molar-refractivity contribution in [3.63, 3.8) is 0 Å². The van der Waals surface area contributed by atoms with Gasteiger partial charge in [-0.1, -0.05) is 98.6 Å². The molecule has 0 saturated heterocycles. The Hall–Kier alpha value is -3.16. The molecule has 33 heavy (non-hydrogen) atoms. The van der Waals surface area contributed by atoms with Gasteiger partial charge < -0.3 is 0 Å². The molecule has 4 aromatic carbocycles. The molecule has 3 heterocycles. The normalized spacial score (nSPS) is 15.0. The van der Waals surface area contributed by atoms with Crippen molar-refractivity contribution < 1.29 is 0 Å². The van der Waals surface area contributed by atoms with Crippen LogP contribution < -0.4 is 10.4 Å². The molecule has 0 atom stereocenters. The van der Waals surface area contributed by atoms with Gasteiger partial charge in [0.25, 0.3) is 0 Å². The average Bonchev–Trinajstić information content (AvgIpc) is 3.39. The second kappa shape index (κ2) is 7.17. The first-order chi connectivity index (χ1) is 16.3. The molecule has 4 aromatic rings. The molecule has 159 valence electrons. The summed E-state index contributed by atoms with van der Waals surface area (Å²) in [7, 11) is -1.04. The van der Waals surface area contributed by atoms with E-state index >= 15 is 0 Å². The minimum Gasteiger partial charge on any atom is -0.0656 e. The lowest BCUT2D eigenvalue weighted by molar-refractivity contribution is 0.923. The zero-order chi connectivity index (χ0) is 22.1. The highest BCUT2D eigenvalue weighted by Gasteiger charge is 2.43. The molecule has 1 aliphatic carbocycles. The van der Waals surface area contributed by atoms with Gasteiger partial charge in [-0.2, -0.15) is 0 Å². The number of hydrogen-bond donors (Lipinski definition) is 0. The molecule has 4 aliphatic rings. The van der Waals surface area contributed by atoms with Crippen LogP contribution in [0.15, 0.2) is 84.4 Å². The van der Waals surface area contributed by atoms with Gasteiger partial charge in [0.2, 0.25) is 0 Å². The molecule has 0 fully saturated rings. The highest BCUT2D eigenvalue weighted by molar-refractivity contribution is 7.04. The van der Waals surface area contributed by atoms with E-state index in [4.69, 9.17) is 0 Å². The molecular formula is C32H27Si. The quantitative estimate of drug-likeness (QED) is 0.306. The van der Waals surface area contributed by atoms with E-state index < -0.39 is 8.80 Å². The molecule has 0 unspecified atom stereocenters. The summed E-state index contributed by atoms with van der Waals surface area (Å²) in [6.45, 7) is 4.69. The molecule has 0 N–H and O–H groups in total. The summed E-state index contributed by atoms with van der Waals surface area (Å²) in [5.74, 6) is 0. The van der Waals surface area contributed by atoms with Crippen LogP contribution in [0, 0.1) is 0 Å². The maximum absolute atomic E-state index is 2.58. The maximum Gasteiger partial charge on any atom is 0.157 e. The summed E-state index contributed by atoms with van der Waals surface area (Å²) < 4.78 is 0. The molecule has 4 bridgehead atoms. The van der Waals surface area contributed by atoms with Crippen LogP contribution in [0.1, 0.15) is 43.4 Å². The van der Waals surface area contributed by atoms with Crippen molar-refractivity contribution >= 4 is 24.4 Å². The van der Waals surface area contributed by atoms with E-state index in [1.165, 1.54) is 39.8 Å². The fourth-order valence-corrected chi connectivity index (χ4v) is 10.2. The largest absolute Gasteiger partial charge is 0.157 e. The summed E-state index contributed by atoms with van der Waals surface area (Å²) in [6, 6.07) is 30.2. The lowest BCUT2D eigenvalue weighted by Gasteiger charge is -2.29. The second-order valence-electron chi connectivity index (χ2n) is 9.59. The highest BCUT2D eigenvalue weighted by atomic mass is 28.3. The van der Waals surface area contributed by atoms with Crippen molar-refractivity contribution in [3.05, 3.63) is 101 Å². The van der Waals surface area contributed by atoms with Gasteiger partial charge in [0.05, 0.1) is 0 Å². The van der Waals surface area contributed by atoms with Crippen molar-refractivity contribution in [1.29, 1.82) is 0 Å². The summed E-state index contributed by atoms with van der Waals surface area (Å²) in [5, 5.41) is 4.95. The van der Waals surface area contributed by atoms with Gasteiger partial charge in [0.1, 0.15) is 0 Å². The van der Waals surface area contributed by atoms with Crippen LogP contribution >= 0.6 is 0 Å². The highest BCUT2D eigenvalue weighted by Crippen LogP contribution is 2.50. The Kier molecular flexibility index (Phi) is 4.20. The molecule has 0 saturated carbocycles. The van der Waals surface area contributed by atoms with Gasteiger partial charge in [0, 0.05) is 0 Å². The first-order valence-corrected chi connectivity index (χ1v) is 13.9. The fourth-order valence-electron chi connectivity index (χ4n) is 6.58. The Balaban J connectivity index is 1.69. The number of rotatable bonds is 4. The predicted molar refractivity (Wildman–Crippen MR) is 143 cm³/mol. The van der Waals surface area contributed by atoms with Gasteiger partial charge >= 0.3 is 0 Å². The molecule has 0 aromatic heterocycles. The fraction of sp³-hybridized carbons (Fsp3) is 0.188. The van der Waals surface area contributed by atoms with E-state index in [1.807, 2.05) is 0 Å². The Morgan fingerprint density at radius 1 is 0.727 bits per heavy atom. The van der Waals surface area contributed by atoms with Crippen LogP contribution in [0.3, 0.4) is 0 Å². The van der Waals surface area contributed by atoms with Crippen LogP contribution in [0.25, 0.3) is 38.6 Å². The first-order valence-electron chi connectivity index (χ1n) is 12.4. The standard InChI is InChI=1S/C32H27Si/c1-3-11-24-27-19-22-18-20(4-2)31(30(22)29(24)21-12-6-5-7-13-21)33-28-17-9-8-14-23(28)25-15-10-16-26(27)32(25)33/h5-10,12-17,19H,3-4,11,18H2,1-2H3. The van der Waals surface area contributed by atoms with Crippen molar-refractivity contribution in [3.8, 4) is 33.4 Å². The van der Waals surface area contributed by atoms with Crippen molar-refractivity contribution in [2.75, 3.05) is 0 Å². The first kappa shape index (κ1) is 19.3. The third-order valence-electron chi connectivity index (χ3n) is 7.85. The smallest absolute Gasteiger partial charge is 0.0656 e. The monoisotopic (exact) mass is 439 g/mol. The van der Waals surface area contributed by atoms with Crippen molar-refractivity contribution in [2.45, 2.75) is 39.5 Å². The molecule has 0 nitrogen and oxygen atoms in total. The number of fused-ring (bicyclic) bond motifs is 3. The van der Waals surface area contributed by atoms with E-state index in [0.29, 0.717) is 0 Å². The van der Waals surface area contributed by atoms with Crippen molar-refractivity contribution in [1.82, 2.24) is 0 Å². The van der Waals surface area contributed by atoms with E-state index in [-0.39, 0.29) is 0 Å². The third kappa shape index (κ3) is 2.52. The van der Waals surface area contributed by atoms with Crippen LogP contribution in [-0.2, 0) is 12.8 Å². The molecule has 0 spiro atoms. The van der Waals surface area contributed by atoms with Gasteiger partial charge in [-0.25, -0.2) is 0 Å². The topological polar surface area (TPSA) is 0 Å². The maximum atomic E-state index is 2.58. The third-order valence-corrected chi connectivity index (χ3v) is 11.0. The van der Waals surface area contributed by atoms with E-state index in [9.17, 15) is 0 Å². The number of benzene rings is 4. The lowest BCUT2D eigenvalue weighted by atomic mass is 9.83. The molecule has 8 rings (SSSR count). The van der Waals surface area contributed by atoms with Crippen LogP contribution in [0.5, 0.6) is 0 Å². The van der Waals surface area contributed by atoms with Gasteiger partial charge in [-0.05, 0) is 91.0 Å². The predicted octanol–water partition coefficient (Wildman–Crippen LogP) is 6.84. The zero-order valence-electron chi connectivity index (χ0n) is 19.3. The minimum absolute atomic E-state index is 1.04. The summed E-state index contributed by atoms with van der Waals surface area (Å²) in [4.78, 5) is 0. The lowest BCUT2D eigenvalue weighted by Crippen LogP contribution is -2.41. The summed E-state index contributed by atoms with van der Waals surface area (Å²) in [6.07, 6.45) is 4.56. The van der Waals surface area contributed by atoms with E-state index in [2.05, 4.69) is 92.7 Å². The Morgan fingerprint density at radius 2 is 1.45 bits per heavy atom. The second-order valence-corrected chi connectivity index (χ2v) is 11.9. The van der Waals surface area contributed by atoms with Crippen LogP contribution in [0.4, 0.5) is 0 Å². The van der Waals surface area contributed by atoms with E-state index in [1.54, 1.807) is 37.8 Å². The number of hydrogen-bond acceptors (Lipinski definition) is 0. The van der Waals surface area contributed by atoms with Gasteiger partial charge in [0.15, 0.2) is 8.80 Å². The summed E-state index contributed by atoms with van der Waals surface area (Å²) in [5.41, 5.74) is 15.3. The van der Waals surface area contributed by atoms with E-state index in [0.717, 1.165) is 19.3 Å². The SMILES string of the molecule is CCCc1c2cc3c(c1-c1ccccc1)C(=C(CC)C3)[Si]1c3ccccc3-c3cccc-2c31. The zero-order valence-corrected chi connectivity index (χ0v) is 20.3. The Labute approximate surface area is 198 Å². The Bertz CT molecular complexity index is 1470. The summed E-state index contributed by atoms with van der Waals surface area (Å²) >= 11 is 0. The molecule has 3 aliphatic heterocycles. The Morgan fingerprint density at radius 3 is 2.24 bits per heavy atom. The average molecular weight is 440 g/mol.